The van der Waals surface area contributed by atoms with Crippen LogP contribution in [-0.2, 0) is 10.8 Å². The van der Waals surface area contributed by atoms with Gasteiger partial charge in [-0.15, -0.1) is 0 Å². The van der Waals surface area contributed by atoms with Crippen molar-refractivity contribution in [3.63, 3.8) is 0 Å². The summed E-state index contributed by atoms with van der Waals surface area (Å²) in [4.78, 5) is 2.51. The van der Waals surface area contributed by atoms with Crippen LogP contribution in [0, 0.1) is 0 Å². The molecule has 0 spiro atoms. The summed E-state index contributed by atoms with van der Waals surface area (Å²) in [6, 6.07) is 54.8. The second-order valence-corrected chi connectivity index (χ2v) is 17.4. The first-order chi connectivity index (χ1) is 26.1. The summed E-state index contributed by atoms with van der Waals surface area (Å²) in [5.74, 6) is 0. The molecule has 2 aliphatic rings. The van der Waals surface area contributed by atoms with Crippen molar-refractivity contribution in [2.24, 2.45) is 0 Å². The molecular weight excluding hydrogens is 653 g/mol. The molecule has 0 amide bonds. The highest BCUT2D eigenvalue weighted by Crippen LogP contribution is 2.46. The van der Waals surface area contributed by atoms with Gasteiger partial charge in [-0.25, -0.2) is 0 Å². The monoisotopic (exact) mass is 695 g/mol. The lowest BCUT2D eigenvalue weighted by Gasteiger charge is -2.41. The van der Waals surface area contributed by atoms with E-state index in [1.54, 1.807) is 0 Å². The number of nitrogens with zero attached hydrogens (tertiary/aromatic N) is 3. The first kappa shape index (κ1) is 31.5. The van der Waals surface area contributed by atoms with E-state index in [0.717, 1.165) is 0 Å². The van der Waals surface area contributed by atoms with Crippen molar-refractivity contribution in [1.82, 2.24) is 9.13 Å². The number of rotatable bonds is 2. The van der Waals surface area contributed by atoms with Crippen LogP contribution in [0.25, 0.3) is 55.0 Å². The predicted octanol–water partition coefficient (Wildman–Crippen LogP) is 11.1. The van der Waals surface area contributed by atoms with Crippen LogP contribution in [0.15, 0.2) is 146 Å². The Kier molecular flexibility index (Phi) is 6.30. The number of para-hydroxylation sites is 3. The average Bonchev–Trinajstić information content (AvgIpc) is 3.69. The Hall–Kier alpha value is -6.00. The van der Waals surface area contributed by atoms with Crippen molar-refractivity contribution in [2.75, 3.05) is 4.90 Å². The Balaban J connectivity index is 1.36. The van der Waals surface area contributed by atoms with Gasteiger partial charge in [-0.05, 0) is 99.0 Å². The van der Waals surface area contributed by atoms with Gasteiger partial charge >= 0.3 is 0 Å². The van der Waals surface area contributed by atoms with Gasteiger partial charge in [0.1, 0.15) is 0 Å². The maximum Gasteiger partial charge on any atom is 0.252 e. The van der Waals surface area contributed by atoms with E-state index in [-0.39, 0.29) is 17.5 Å². The maximum absolute atomic E-state index is 2.65. The van der Waals surface area contributed by atoms with Gasteiger partial charge in [-0.3, -0.25) is 0 Å². The third kappa shape index (κ3) is 4.20. The highest BCUT2D eigenvalue weighted by molar-refractivity contribution is 7.00. The third-order valence-electron chi connectivity index (χ3n) is 12.2. The fourth-order valence-corrected chi connectivity index (χ4v) is 9.61. The second kappa shape index (κ2) is 10.8. The molecular formula is C50H42BN3. The molecule has 0 radical (unpaired) electrons. The number of hydrogen-bond acceptors (Lipinski definition) is 1. The summed E-state index contributed by atoms with van der Waals surface area (Å²) in [6.07, 6.45) is 0. The van der Waals surface area contributed by atoms with Crippen LogP contribution in [0.5, 0.6) is 0 Å². The Bertz CT molecular complexity index is 3010. The summed E-state index contributed by atoms with van der Waals surface area (Å²) in [5.41, 5.74) is 18.1. The molecule has 0 atom stereocenters. The van der Waals surface area contributed by atoms with Gasteiger partial charge in [-0.2, -0.15) is 0 Å². The van der Waals surface area contributed by atoms with Gasteiger partial charge in [-0.1, -0.05) is 126 Å². The molecule has 54 heavy (non-hydrogen) atoms. The molecule has 0 fully saturated rings. The predicted molar refractivity (Wildman–Crippen MR) is 232 cm³/mol. The molecule has 11 rings (SSSR count). The zero-order valence-corrected chi connectivity index (χ0v) is 31.8. The van der Waals surface area contributed by atoms with Gasteiger partial charge in [0.25, 0.3) is 6.71 Å². The smallest absolute Gasteiger partial charge is 0.252 e. The molecule has 7 aromatic carbocycles. The molecule has 9 aromatic rings. The molecule has 0 unspecified atom stereocenters. The Morgan fingerprint density at radius 1 is 0.426 bits per heavy atom. The lowest BCUT2D eigenvalue weighted by molar-refractivity contribution is 0.591. The van der Waals surface area contributed by atoms with Crippen molar-refractivity contribution in [2.45, 2.75) is 52.4 Å². The summed E-state index contributed by atoms with van der Waals surface area (Å²) in [5, 5.41) is 5.21. The van der Waals surface area contributed by atoms with Crippen LogP contribution in [0.4, 0.5) is 17.1 Å². The number of fused-ring (bicyclic) bond motifs is 11. The fourth-order valence-electron chi connectivity index (χ4n) is 9.61. The second-order valence-electron chi connectivity index (χ2n) is 17.4. The lowest BCUT2D eigenvalue weighted by atomic mass is 9.33. The highest BCUT2D eigenvalue weighted by atomic mass is 15.2. The molecule has 4 heterocycles. The van der Waals surface area contributed by atoms with E-state index in [2.05, 4.69) is 201 Å². The molecule has 0 N–H and O–H groups in total. The van der Waals surface area contributed by atoms with E-state index in [1.807, 2.05) is 0 Å². The van der Waals surface area contributed by atoms with E-state index in [4.69, 9.17) is 0 Å². The largest absolute Gasteiger partial charge is 0.311 e. The van der Waals surface area contributed by atoms with Gasteiger partial charge in [0.2, 0.25) is 0 Å². The minimum Gasteiger partial charge on any atom is -0.311 e. The minimum absolute atomic E-state index is 0.0110. The number of hydrogen-bond donors (Lipinski definition) is 0. The van der Waals surface area contributed by atoms with E-state index in [1.165, 1.54) is 99.6 Å². The van der Waals surface area contributed by atoms with Crippen molar-refractivity contribution in [1.29, 1.82) is 0 Å². The third-order valence-corrected chi connectivity index (χ3v) is 12.2. The molecule has 3 nitrogen and oxygen atoms in total. The minimum atomic E-state index is -0.0346. The molecule has 0 bridgehead atoms. The van der Waals surface area contributed by atoms with E-state index < -0.39 is 0 Å². The van der Waals surface area contributed by atoms with Crippen molar-refractivity contribution in [3.8, 4) is 11.4 Å². The van der Waals surface area contributed by atoms with E-state index in [9.17, 15) is 0 Å². The first-order valence-electron chi connectivity index (χ1n) is 19.3. The summed E-state index contributed by atoms with van der Waals surface area (Å²) in [7, 11) is 0. The first-order valence-corrected chi connectivity index (χ1v) is 19.3. The fraction of sp³-hybridized carbons (Fsp3) is 0.160. The zero-order valence-electron chi connectivity index (χ0n) is 31.8. The quantitative estimate of drug-likeness (QED) is 0.164. The van der Waals surface area contributed by atoms with Gasteiger partial charge in [0, 0.05) is 55.5 Å². The number of anilines is 3. The van der Waals surface area contributed by atoms with Crippen molar-refractivity contribution < 1.29 is 0 Å². The number of benzene rings is 7. The summed E-state index contributed by atoms with van der Waals surface area (Å²) < 4.78 is 5.09. The van der Waals surface area contributed by atoms with Crippen LogP contribution < -0.4 is 21.3 Å². The average molecular weight is 696 g/mol. The summed E-state index contributed by atoms with van der Waals surface area (Å²) in [6.45, 7) is 14.2. The van der Waals surface area contributed by atoms with Crippen LogP contribution in [0.3, 0.4) is 0 Å². The van der Waals surface area contributed by atoms with Crippen molar-refractivity contribution >= 4 is 83.8 Å². The highest BCUT2D eigenvalue weighted by Gasteiger charge is 2.43. The van der Waals surface area contributed by atoms with Gasteiger partial charge in [0.05, 0.1) is 16.6 Å². The van der Waals surface area contributed by atoms with Gasteiger partial charge in [0.15, 0.2) is 0 Å². The van der Waals surface area contributed by atoms with E-state index in [0.29, 0.717) is 0 Å². The maximum atomic E-state index is 2.65. The normalized spacial score (nSPS) is 13.7. The topological polar surface area (TPSA) is 13.1 Å². The molecule has 0 aliphatic carbocycles. The molecule has 0 saturated carbocycles. The Morgan fingerprint density at radius 2 is 1.09 bits per heavy atom. The zero-order chi connectivity index (χ0) is 36.7. The Labute approximate surface area is 317 Å². The van der Waals surface area contributed by atoms with Gasteiger partial charge < -0.3 is 14.0 Å². The van der Waals surface area contributed by atoms with Crippen molar-refractivity contribution in [3.05, 3.63) is 157 Å². The van der Waals surface area contributed by atoms with Crippen LogP contribution in [0.2, 0.25) is 0 Å². The SMILES string of the molecule is CC(C)(C)c1ccc2c(c1)B1c3c(cccc3-n3c4c1cc(C(C)(C)C)cc4c1ccc4c(c5ccccc5n4-c4ccccc4)c13)N2c1ccccc1. The summed E-state index contributed by atoms with van der Waals surface area (Å²) >= 11 is 0. The van der Waals surface area contributed by atoms with Crippen LogP contribution >= 0.6 is 0 Å². The lowest BCUT2D eigenvalue weighted by Crippen LogP contribution is -2.60. The Morgan fingerprint density at radius 3 is 1.83 bits per heavy atom. The molecule has 2 aromatic heterocycles. The van der Waals surface area contributed by atoms with E-state index >= 15 is 0 Å². The van der Waals surface area contributed by atoms with Crippen LogP contribution in [0.1, 0.15) is 52.7 Å². The van der Waals surface area contributed by atoms with Crippen LogP contribution in [-0.4, -0.2) is 15.8 Å². The number of aromatic nitrogens is 2. The molecule has 0 saturated heterocycles. The standard InChI is InChI=1S/C50H42BN3/c1-49(2,3)31-24-26-41-38(29-31)51-39-30-32(50(4,5)6)28-37-35-25-27-42-45(36-20-13-14-21-40(36)52(42)33-16-9-7-10-17-33)48(35)54(47(37)39)44-23-15-22-43(46(44)51)53(41)34-18-11-8-12-19-34/h7-30H,1-6H3. The molecule has 4 heteroatoms. The molecule has 2 aliphatic heterocycles. The molecule has 260 valence electrons.